The molecule has 0 radical (unpaired) electrons. The van der Waals surface area contributed by atoms with Crippen molar-refractivity contribution in [3.63, 3.8) is 0 Å². The van der Waals surface area contributed by atoms with E-state index >= 15 is 0 Å². The maximum absolute atomic E-state index is 12.9. The van der Waals surface area contributed by atoms with Crippen LogP contribution in [0.5, 0.6) is 5.75 Å². The summed E-state index contributed by atoms with van der Waals surface area (Å²) in [6.45, 7) is 3.52. The molecule has 1 aromatic heterocycles. The van der Waals surface area contributed by atoms with Crippen LogP contribution in [0.25, 0.3) is 11.3 Å². The molecule has 2 rings (SSSR count). The number of aromatic amines is 1. The van der Waals surface area contributed by atoms with Crippen molar-refractivity contribution in [2.45, 2.75) is 26.4 Å². The number of benzene rings is 1. The highest BCUT2D eigenvalue weighted by atomic mass is 19.4. The highest BCUT2D eigenvalue weighted by Gasteiger charge is 2.36. The average molecular weight is 284 g/mol. The number of hydrogen-bond acceptors (Lipinski definition) is 2. The molecule has 2 aromatic rings. The highest BCUT2D eigenvalue weighted by Crippen LogP contribution is 2.36. The summed E-state index contributed by atoms with van der Waals surface area (Å²) >= 11 is 0. The molecular formula is C14H15F3N2O. The van der Waals surface area contributed by atoms with Crippen molar-refractivity contribution in [3.05, 3.63) is 35.0 Å². The molecule has 0 aliphatic rings. The lowest BCUT2D eigenvalue weighted by Crippen LogP contribution is -2.08. The second kappa shape index (κ2) is 5.19. The number of hydrogen-bond donors (Lipinski definition) is 1. The van der Waals surface area contributed by atoms with Crippen LogP contribution in [0.1, 0.15) is 23.7 Å². The third-order valence-electron chi connectivity index (χ3n) is 3.17. The van der Waals surface area contributed by atoms with Crippen molar-refractivity contribution in [3.8, 4) is 17.0 Å². The number of nitrogens with one attached hydrogen (secondary N) is 1. The summed E-state index contributed by atoms with van der Waals surface area (Å²) in [5.74, 6) is 0.693. The largest absolute Gasteiger partial charge is 0.496 e. The number of aromatic nitrogens is 2. The van der Waals surface area contributed by atoms with E-state index in [2.05, 4.69) is 10.2 Å². The normalized spacial score (nSPS) is 11.7. The standard InChI is InChI=1S/C14H15F3N2O/c1-4-10-12(18-19-13(10)14(15,16)17)9-5-6-11(20-3)8(2)7-9/h5-7H,4H2,1-3H3,(H,18,19). The number of nitrogens with zero attached hydrogens (tertiary/aromatic N) is 1. The number of methoxy groups -OCH3 is 1. The minimum Gasteiger partial charge on any atom is -0.496 e. The van der Waals surface area contributed by atoms with Gasteiger partial charge in [0.2, 0.25) is 0 Å². The van der Waals surface area contributed by atoms with E-state index in [1.54, 1.807) is 32.2 Å². The number of halogens is 3. The van der Waals surface area contributed by atoms with Gasteiger partial charge in [-0.2, -0.15) is 18.3 Å². The smallest absolute Gasteiger partial charge is 0.433 e. The Morgan fingerprint density at radius 2 is 2.00 bits per heavy atom. The summed E-state index contributed by atoms with van der Waals surface area (Å²) < 4.78 is 43.8. The van der Waals surface area contributed by atoms with Crippen LogP contribution in [0.2, 0.25) is 0 Å². The Kier molecular flexibility index (Phi) is 3.74. The molecule has 20 heavy (non-hydrogen) atoms. The van der Waals surface area contributed by atoms with E-state index in [9.17, 15) is 13.2 Å². The SMILES string of the molecule is CCc1c(-c2ccc(OC)c(C)c2)n[nH]c1C(F)(F)F. The zero-order valence-electron chi connectivity index (χ0n) is 11.4. The number of ether oxygens (including phenoxy) is 1. The molecule has 6 heteroatoms. The Bertz CT molecular complexity index is 617. The van der Waals surface area contributed by atoms with Crippen molar-refractivity contribution >= 4 is 0 Å². The Labute approximate surface area is 114 Å². The second-order valence-corrected chi connectivity index (χ2v) is 4.46. The molecule has 1 heterocycles. The summed E-state index contributed by atoms with van der Waals surface area (Å²) in [5.41, 5.74) is 1.24. The Morgan fingerprint density at radius 1 is 1.30 bits per heavy atom. The van der Waals surface area contributed by atoms with E-state index in [0.29, 0.717) is 17.0 Å². The third-order valence-corrected chi connectivity index (χ3v) is 3.17. The molecule has 3 nitrogen and oxygen atoms in total. The summed E-state index contributed by atoms with van der Waals surface area (Å²) in [7, 11) is 1.55. The van der Waals surface area contributed by atoms with Crippen LogP contribution < -0.4 is 4.74 Å². The molecule has 0 saturated carbocycles. The van der Waals surface area contributed by atoms with Gasteiger partial charge in [0, 0.05) is 11.1 Å². The first-order valence-electron chi connectivity index (χ1n) is 6.18. The maximum Gasteiger partial charge on any atom is 0.433 e. The van der Waals surface area contributed by atoms with Crippen LogP contribution in [-0.4, -0.2) is 17.3 Å². The van der Waals surface area contributed by atoms with E-state index in [4.69, 9.17) is 4.74 Å². The van der Waals surface area contributed by atoms with Crippen LogP contribution in [-0.2, 0) is 12.6 Å². The summed E-state index contributed by atoms with van der Waals surface area (Å²) in [4.78, 5) is 0. The molecule has 1 aromatic carbocycles. The highest BCUT2D eigenvalue weighted by molar-refractivity contribution is 5.66. The Balaban J connectivity index is 2.53. The minimum atomic E-state index is -4.42. The van der Waals surface area contributed by atoms with Gasteiger partial charge in [-0.25, -0.2) is 0 Å². The van der Waals surface area contributed by atoms with Gasteiger partial charge >= 0.3 is 6.18 Å². The number of rotatable bonds is 3. The van der Waals surface area contributed by atoms with Gasteiger partial charge in [0.25, 0.3) is 0 Å². The number of H-pyrrole nitrogens is 1. The molecule has 1 N–H and O–H groups in total. The molecule has 0 amide bonds. The quantitative estimate of drug-likeness (QED) is 0.926. The van der Waals surface area contributed by atoms with E-state index in [-0.39, 0.29) is 12.0 Å². The first-order chi connectivity index (χ1) is 9.38. The molecule has 0 fully saturated rings. The van der Waals surface area contributed by atoms with E-state index < -0.39 is 11.9 Å². The number of aryl methyl sites for hydroxylation is 1. The van der Waals surface area contributed by atoms with Crippen LogP contribution in [0.3, 0.4) is 0 Å². The summed E-state index contributed by atoms with van der Waals surface area (Å²) in [5, 5.41) is 5.94. The van der Waals surface area contributed by atoms with Gasteiger partial charge in [-0.1, -0.05) is 6.92 Å². The third kappa shape index (κ3) is 2.50. The molecule has 0 aliphatic carbocycles. The van der Waals surface area contributed by atoms with E-state index in [0.717, 1.165) is 5.56 Å². The fourth-order valence-corrected chi connectivity index (χ4v) is 2.21. The molecule has 108 valence electrons. The van der Waals surface area contributed by atoms with Crippen molar-refractivity contribution in [2.24, 2.45) is 0 Å². The lowest BCUT2D eigenvalue weighted by atomic mass is 10.0. The Morgan fingerprint density at radius 3 is 2.50 bits per heavy atom. The number of alkyl halides is 3. The van der Waals surface area contributed by atoms with Crippen LogP contribution in [0.4, 0.5) is 13.2 Å². The predicted molar refractivity (Wildman–Crippen MR) is 69.7 cm³/mol. The molecule has 0 saturated heterocycles. The minimum absolute atomic E-state index is 0.182. The summed E-state index contributed by atoms with van der Waals surface area (Å²) in [6.07, 6.45) is -4.16. The topological polar surface area (TPSA) is 37.9 Å². The van der Waals surface area contributed by atoms with Gasteiger partial charge in [0.05, 0.1) is 12.8 Å². The first-order valence-corrected chi connectivity index (χ1v) is 6.18. The zero-order chi connectivity index (χ0) is 14.9. The van der Waals surface area contributed by atoms with Gasteiger partial charge in [-0.05, 0) is 37.1 Å². The molecule has 0 spiro atoms. The molecule has 0 unspecified atom stereocenters. The first kappa shape index (κ1) is 14.4. The van der Waals surface area contributed by atoms with Gasteiger partial charge in [0.1, 0.15) is 11.4 Å². The maximum atomic E-state index is 12.9. The van der Waals surface area contributed by atoms with Crippen LogP contribution in [0, 0.1) is 6.92 Å². The van der Waals surface area contributed by atoms with Crippen molar-refractivity contribution in [1.29, 1.82) is 0 Å². The molecule has 0 bridgehead atoms. The van der Waals surface area contributed by atoms with Gasteiger partial charge in [-0.15, -0.1) is 0 Å². The van der Waals surface area contributed by atoms with Gasteiger partial charge < -0.3 is 4.74 Å². The predicted octanol–water partition coefficient (Wildman–Crippen LogP) is 3.97. The van der Waals surface area contributed by atoms with Crippen LogP contribution >= 0.6 is 0 Å². The monoisotopic (exact) mass is 284 g/mol. The van der Waals surface area contributed by atoms with Crippen molar-refractivity contribution in [2.75, 3.05) is 7.11 Å². The average Bonchev–Trinajstić information content (AvgIpc) is 2.82. The molecule has 0 aliphatic heterocycles. The molecule has 0 atom stereocenters. The van der Waals surface area contributed by atoms with Crippen molar-refractivity contribution < 1.29 is 17.9 Å². The van der Waals surface area contributed by atoms with E-state index in [1.807, 2.05) is 6.92 Å². The fourth-order valence-electron chi connectivity index (χ4n) is 2.21. The lowest BCUT2D eigenvalue weighted by molar-refractivity contribution is -0.141. The van der Waals surface area contributed by atoms with Gasteiger partial charge in [0.15, 0.2) is 0 Å². The zero-order valence-corrected chi connectivity index (χ0v) is 11.4. The fraction of sp³-hybridized carbons (Fsp3) is 0.357. The lowest BCUT2D eigenvalue weighted by Gasteiger charge is -2.08. The van der Waals surface area contributed by atoms with E-state index in [1.165, 1.54) is 0 Å². The summed E-state index contributed by atoms with van der Waals surface area (Å²) in [6, 6.07) is 5.21. The van der Waals surface area contributed by atoms with Crippen LogP contribution in [0.15, 0.2) is 18.2 Å². The molecular weight excluding hydrogens is 269 g/mol. The van der Waals surface area contributed by atoms with Crippen molar-refractivity contribution in [1.82, 2.24) is 10.2 Å². The Hall–Kier alpha value is -1.98. The van der Waals surface area contributed by atoms with Gasteiger partial charge in [-0.3, -0.25) is 5.10 Å². The second-order valence-electron chi connectivity index (χ2n) is 4.46.